The van der Waals surface area contributed by atoms with Crippen LogP contribution in [0.3, 0.4) is 0 Å². The first-order chi connectivity index (χ1) is 15.5. The molecule has 0 unspecified atom stereocenters. The molecular weight excluding hydrogens is 426 g/mol. The Kier molecular flexibility index (Phi) is 6.28. The van der Waals surface area contributed by atoms with Gasteiger partial charge in [-0.05, 0) is 35.0 Å². The van der Waals surface area contributed by atoms with Crippen LogP contribution >= 0.6 is 11.8 Å². The number of carbonyl (C=O) groups is 2. The molecule has 0 spiro atoms. The van der Waals surface area contributed by atoms with Gasteiger partial charge in [0, 0.05) is 16.5 Å². The molecule has 4 aromatic rings. The van der Waals surface area contributed by atoms with E-state index in [1.54, 1.807) is 54.6 Å². The lowest BCUT2D eigenvalue weighted by atomic mass is 10.0. The number of nitro groups is 1. The van der Waals surface area contributed by atoms with Crippen molar-refractivity contribution in [1.82, 2.24) is 0 Å². The quantitative estimate of drug-likeness (QED) is 0.152. The molecule has 0 aliphatic heterocycles. The van der Waals surface area contributed by atoms with Gasteiger partial charge in [-0.15, -0.1) is 0 Å². The lowest BCUT2D eigenvalue weighted by Gasteiger charge is -2.10. The second-order valence-corrected chi connectivity index (χ2v) is 7.97. The first kappa shape index (κ1) is 21.3. The van der Waals surface area contributed by atoms with Gasteiger partial charge >= 0.3 is 5.97 Å². The van der Waals surface area contributed by atoms with Crippen LogP contribution in [0.15, 0.2) is 101 Å². The van der Waals surface area contributed by atoms with Crippen molar-refractivity contribution in [3.8, 4) is 0 Å². The summed E-state index contributed by atoms with van der Waals surface area (Å²) >= 11 is 1.10. The number of esters is 1. The molecule has 0 radical (unpaired) electrons. The standard InChI is InChI=1S/C25H17NO5S/c27-22(19-14-13-17-7-1-2-8-18(17)15-19)16-31-25(28)20-9-3-5-11-23(20)32-24-12-6-4-10-21(24)26(29)30/h1-15H,16H2. The van der Waals surface area contributed by atoms with Gasteiger partial charge in [-0.25, -0.2) is 4.79 Å². The molecule has 0 heterocycles. The largest absolute Gasteiger partial charge is 0.454 e. The molecule has 6 nitrogen and oxygen atoms in total. The Hall–Kier alpha value is -3.97. The van der Waals surface area contributed by atoms with Gasteiger partial charge in [-0.2, -0.15) is 0 Å². The zero-order chi connectivity index (χ0) is 22.5. The second-order valence-electron chi connectivity index (χ2n) is 6.88. The summed E-state index contributed by atoms with van der Waals surface area (Å²) in [5, 5.41) is 13.2. The van der Waals surface area contributed by atoms with E-state index < -0.39 is 17.5 Å². The average molecular weight is 443 g/mol. The van der Waals surface area contributed by atoms with Crippen LogP contribution in [-0.4, -0.2) is 23.3 Å². The number of ether oxygens (including phenoxy) is 1. The fourth-order valence-corrected chi connectivity index (χ4v) is 4.23. The van der Waals surface area contributed by atoms with E-state index >= 15 is 0 Å². The maximum Gasteiger partial charge on any atom is 0.339 e. The van der Waals surface area contributed by atoms with E-state index in [1.165, 1.54) is 6.07 Å². The molecule has 158 valence electrons. The lowest BCUT2D eigenvalue weighted by molar-refractivity contribution is -0.387. The van der Waals surface area contributed by atoms with Crippen molar-refractivity contribution >= 4 is 40.0 Å². The van der Waals surface area contributed by atoms with Crippen molar-refractivity contribution in [2.45, 2.75) is 9.79 Å². The molecule has 4 aromatic carbocycles. The number of Topliss-reactive ketones (excluding diaryl/α,β-unsaturated/α-hetero) is 1. The van der Waals surface area contributed by atoms with Crippen molar-refractivity contribution in [2.75, 3.05) is 6.61 Å². The molecule has 0 bridgehead atoms. The predicted molar refractivity (Wildman–Crippen MR) is 122 cm³/mol. The van der Waals surface area contributed by atoms with Gasteiger partial charge in [0.25, 0.3) is 5.69 Å². The van der Waals surface area contributed by atoms with E-state index in [0.717, 1.165) is 22.5 Å². The van der Waals surface area contributed by atoms with Crippen molar-refractivity contribution in [1.29, 1.82) is 0 Å². The van der Waals surface area contributed by atoms with Gasteiger partial charge in [0.05, 0.1) is 15.4 Å². The van der Waals surface area contributed by atoms with E-state index in [2.05, 4.69) is 0 Å². The first-order valence-corrected chi connectivity index (χ1v) is 10.5. The van der Waals surface area contributed by atoms with Crippen molar-refractivity contribution in [3.05, 3.63) is 112 Å². The Morgan fingerprint density at radius 3 is 2.25 bits per heavy atom. The smallest absolute Gasteiger partial charge is 0.339 e. The second kappa shape index (κ2) is 9.45. The molecule has 0 saturated heterocycles. The summed E-state index contributed by atoms with van der Waals surface area (Å²) in [6.45, 7) is -0.401. The maximum atomic E-state index is 12.7. The molecule has 7 heteroatoms. The van der Waals surface area contributed by atoms with Crippen LogP contribution in [-0.2, 0) is 4.74 Å². The molecule has 0 N–H and O–H groups in total. The molecule has 0 fully saturated rings. The van der Waals surface area contributed by atoms with E-state index in [9.17, 15) is 19.7 Å². The third-order valence-electron chi connectivity index (χ3n) is 4.79. The highest BCUT2D eigenvalue weighted by molar-refractivity contribution is 7.99. The Bertz CT molecular complexity index is 1330. The Morgan fingerprint density at radius 1 is 0.812 bits per heavy atom. The Balaban J connectivity index is 1.49. The number of para-hydroxylation sites is 1. The van der Waals surface area contributed by atoms with Gasteiger partial charge in [0.15, 0.2) is 12.4 Å². The molecule has 0 amide bonds. The summed E-state index contributed by atoms with van der Waals surface area (Å²) in [5.74, 6) is -0.978. The SMILES string of the molecule is O=C(COC(=O)c1ccccc1Sc1ccccc1[N+](=O)[O-])c1ccc2ccccc2c1. The van der Waals surface area contributed by atoms with Crippen LogP contribution in [0.1, 0.15) is 20.7 Å². The third kappa shape index (κ3) is 4.68. The lowest BCUT2D eigenvalue weighted by Crippen LogP contribution is -2.15. The summed E-state index contributed by atoms with van der Waals surface area (Å²) in [5.41, 5.74) is 0.646. The molecule has 0 aliphatic rings. The number of hydrogen-bond donors (Lipinski definition) is 0. The average Bonchev–Trinajstić information content (AvgIpc) is 2.82. The van der Waals surface area contributed by atoms with Gasteiger partial charge < -0.3 is 4.74 Å². The fraction of sp³-hybridized carbons (Fsp3) is 0.0400. The molecular formula is C25H17NO5S. The monoisotopic (exact) mass is 443 g/mol. The van der Waals surface area contributed by atoms with E-state index in [4.69, 9.17) is 4.74 Å². The molecule has 4 rings (SSSR count). The number of carbonyl (C=O) groups excluding carboxylic acids is 2. The van der Waals surface area contributed by atoms with Crippen LogP contribution in [0.25, 0.3) is 10.8 Å². The number of hydrogen-bond acceptors (Lipinski definition) is 6. The van der Waals surface area contributed by atoms with E-state index in [-0.39, 0.29) is 17.0 Å². The predicted octanol–water partition coefficient (Wildman–Crippen LogP) is 5.94. The third-order valence-corrected chi connectivity index (χ3v) is 5.94. The number of fused-ring (bicyclic) bond motifs is 1. The zero-order valence-electron chi connectivity index (χ0n) is 16.8. The van der Waals surface area contributed by atoms with Gasteiger partial charge in [0.1, 0.15) is 0 Å². The molecule has 0 saturated carbocycles. The van der Waals surface area contributed by atoms with Gasteiger partial charge in [0.2, 0.25) is 0 Å². The topological polar surface area (TPSA) is 86.5 Å². The van der Waals surface area contributed by atoms with Crippen LogP contribution in [0.5, 0.6) is 0 Å². The minimum atomic E-state index is -0.666. The minimum absolute atomic E-state index is 0.0489. The number of nitro benzene ring substituents is 1. The maximum absolute atomic E-state index is 12.7. The zero-order valence-corrected chi connectivity index (χ0v) is 17.6. The first-order valence-electron chi connectivity index (χ1n) is 9.72. The summed E-state index contributed by atoms with van der Waals surface area (Å²) in [6.07, 6.45) is 0. The summed E-state index contributed by atoms with van der Waals surface area (Å²) < 4.78 is 5.28. The summed E-state index contributed by atoms with van der Waals surface area (Å²) in [4.78, 5) is 37.0. The van der Waals surface area contributed by atoms with Gasteiger partial charge in [-0.3, -0.25) is 14.9 Å². The fourth-order valence-electron chi connectivity index (χ4n) is 3.19. The molecule has 0 aliphatic carbocycles. The van der Waals surface area contributed by atoms with Crippen LogP contribution < -0.4 is 0 Å². The summed E-state index contributed by atoms with van der Waals surface area (Å²) in [6, 6.07) is 26.0. The van der Waals surface area contributed by atoms with Crippen molar-refractivity contribution in [2.24, 2.45) is 0 Å². The highest BCUT2D eigenvalue weighted by Gasteiger charge is 2.19. The van der Waals surface area contributed by atoms with E-state index in [1.807, 2.05) is 30.3 Å². The van der Waals surface area contributed by atoms with Crippen LogP contribution in [0.2, 0.25) is 0 Å². The molecule has 32 heavy (non-hydrogen) atoms. The van der Waals surface area contributed by atoms with Gasteiger partial charge in [-0.1, -0.05) is 72.4 Å². The normalized spacial score (nSPS) is 10.6. The number of benzene rings is 4. The Labute approximate surface area is 188 Å². The molecule has 0 aromatic heterocycles. The molecule has 0 atom stereocenters. The number of rotatable bonds is 7. The van der Waals surface area contributed by atoms with Crippen LogP contribution in [0, 0.1) is 10.1 Å². The number of ketones is 1. The highest BCUT2D eigenvalue weighted by Crippen LogP contribution is 2.36. The Morgan fingerprint density at radius 2 is 1.47 bits per heavy atom. The highest BCUT2D eigenvalue weighted by atomic mass is 32.2. The van der Waals surface area contributed by atoms with Crippen LogP contribution in [0.4, 0.5) is 5.69 Å². The minimum Gasteiger partial charge on any atom is -0.454 e. The number of nitrogens with zero attached hydrogens (tertiary/aromatic N) is 1. The van der Waals surface area contributed by atoms with Crippen molar-refractivity contribution < 1.29 is 19.2 Å². The van der Waals surface area contributed by atoms with E-state index in [0.29, 0.717) is 15.4 Å². The van der Waals surface area contributed by atoms with Crippen molar-refractivity contribution in [3.63, 3.8) is 0 Å². The summed E-state index contributed by atoms with van der Waals surface area (Å²) in [7, 11) is 0.